The minimum atomic E-state index is -3.58. The molecule has 1 aromatic rings. The lowest BCUT2D eigenvalue weighted by atomic mass is 9.91. The van der Waals surface area contributed by atoms with E-state index >= 15 is 0 Å². The van der Waals surface area contributed by atoms with Crippen molar-refractivity contribution < 1.29 is 27.4 Å². The predicted octanol–water partition coefficient (Wildman–Crippen LogP) is 3.84. The van der Waals surface area contributed by atoms with Crippen molar-refractivity contribution in [3.05, 3.63) is 28.3 Å². The van der Waals surface area contributed by atoms with Crippen LogP contribution in [0.5, 0.6) is 5.75 Å². The fourth-order valence-corrected chi connectivity index (χ4v) is 2.61. The van der Waals surface area contributed by atoms with E-state index in [1.165, 1.54) is 0 Å². The topological polar surface area (TPSA) is 41.8 Å². The van der Waals surface area contributed by atoms with Gasteiger partial charge >= 0.3 is 5.92 Å². The Morgan fingerprint density at radius 2 is 2.13 bits per heavy atom. The predicted molar refractivity (Wildman–Crippen MR) is 78.7 cm³/mol. The van der Waals surface area contributed by atoms with Gasteiger partial charge in [-0.1, -0.05) is 18.5 Å². The Morgan fingerprint density at radius 1 is 1.43 bits per heavy atom. The fraction of sp³-hybridized carbons (Fsp3) is 0.533. The number of rotatable bonds is 5. The maximum Gasteiger partial charge on any atom is 0.303 e. The molecule has 1 aliphatic rings. The molecule has 0 saturated heterocycles. The van der Waals surface area contributed by atoms with Crippen molar-refractivity contribution >= 4 is 17.3 Å². The van der Waals surface area contributed by atoms with Crippen LogP contribution >= 0.6 is 11.6 Å². The number of halogens is 5. The SMILES string of the molecule is CC1CCCN=C1c1cc(F)c(OCC(F)(F)CO)c(Cl)c1F. The molecule has 0 spiro atoms. The zero-order valence-electron chi connectivity index (χ0n) is 12.4. The number of benzene rings is 1. The fourth-order valence-electron chi connectivity index (χ4n) is 2.36. The first-order chi connectivity index (χ1) is 10.8. The lowest BCUT2D eigenvalue weighted by Gasteiger charge is -2.21. The molecule has 2 rings (SSSR count). The summed E-state index contributed by atoms with van der Waals surface area (Å²) in [5, 5.41) is 7.75. The summed E-state index contributed by atoms with van der Waals surface area (Å²) in [7, 11) is 0. The van der Waals surface area contributed by atoms with E-state index in [1.807, 2.05) is 6.92 Å². The van der Waals surface area contributed by atoms with Crippen LogP contribution in [-0.4, -0.2) is 36.5 Å². The Morgan fingerprint density at radius 3 is 2.74 bits per heavy atom. The number of hydrogen-bond acceptors (Lipinski definition) is 3. The minimum absolute atomic E-state index is 0.0563. The van der Waals surface area contributed by atoms with Crippen molar-refractivity contribution in [3.63, 3.8) is 0 Å². The number of aliphatic hydroxyl groups excluding tert-OH is 1. The third kappa shape index (κ3) is 3.95. The molecule has 3 nitrogen and oxygen atoms in total. The third-order valence-electron chi connectivity index (χ3n) is 3.60. The third-order valence-corrected chi connectivity index (χ3v) is 3.93. The van der Waals surface area contributed by atoms with Gasteiger partial charge in [-0.2, -0.15) is 0 Å². The van der Waals surface area contributed by atoms with Crippen LogP contribution in [0.1, 0.15) is 25.3 Å². The van der Waals surface area contributed by atoms with E-state index in [-0.39, 0.29) is 11.5 Å². The van der Waals surface area contributed by atoms with Crippen molar-refractivity contribution in [3.8, 4) is 5.75 Å². The molecule has 0 radical (unpaired) electrons. The first-order valence-electron chi connectivity index (χ1n) is 7.10. The van der Waals surface area contributed by atoms with E-state index in [2.05, 4.69) is 9.73 Å². The second-order valence-corrected chi connectivity index (χ2v) is 5.85. The van der Waals surface area contributed by atoms with Gasteiger partial charge in [0.25, 0.3) is 0 Å². The molecule has 23 heavy (non-hydrogen) atoms. The Bertz CT molecular complexity index is 622. The van der Waals surface area contributed by atoms with Crippen LogP contribution < -0.4 is 4.74 Å². The van der Waals surface area contributed by atoms with Gasteiger partial charge in [0.15, 0.2) is 24.0 Å². The minimum Gasteiger partial charge on any atom is -0.482 e. The van der Waals surface area contributed by atoms with Crippen molar-refractivity contribution in [2.75, 3.05) is 19.8 Å². The van der Waals surface area contributed by atoms with Crippen LogP contribution in [0, 0.1) is 17.6 Å². The highest BCUT2D eigenvalue weighted by Crippen LogP contribution is 2.35. The number of alkyl halides is 2. The molecule has 1 N–H and O–H groups in total. The number of nitrogens with zero attached hydrogens (tertiary/aromatic N) is 1. The highest BCUT2D eigenvalue weighted by atomic mass is 35.5. The molecule has 1 aromatic carbocycles. The Kier molecular flexibility index (Phi) is 5.52. The van der Waals surface area contributed by atoms with E-state index < -0.39 is 41.5 Å². The van der Waals surface area contributed by atoms with E-state index in [0.717, 1.165) is 18.9 Å². The Balaban J connectivity index is 2.35. The van der Waals surface area contributed by atoms with Crippen LogP contribution in [0.2, 0.25) is 5.02 Å². The first kappa shape index (κ1) is 18.0. The molecular formula is C15H16ClF4NO2. The van der Waals surface area contributed by atoms with Crippen LogP contribution in [0.3, 0.4) is 0 Å². The van der Waals surface area contributed by atoms with Crippen molar-refractivity contribution in [1.82, 2.24) is 0 Å². The Labute approximate surface area is 135 Å². The zero-order valence-corrected chi connectivity index (χ0v) is 13.1. The molecule has 8 heteroatoms. The summed E-state index contributed by atoms with van der Waals surface area (Å²) in [4.78, 5) is 4.21. The maximum atomic E-state index is 14.4. The number of aliphatic hydroxyl groups is 1. The number of ether oxygens (including phenoxy) is 1. The van der Waals surface area contributed by atoms with Gasteiger partial charge in [-0.05, 0) is 24.8 Å². The summed E-state index contributed by atoms with van der Waals surface area (Å²) >= 11 is 5.74. The molecule has 0 amide bonds. The zero-order chi connectivity index (χ0) is 17.2. The lowest BCUT2D eigenvalue weighted by Crippen LogP contribution is -2.30. The van der Waals surface area contributed by atoms with Crippen LogP contribution in [0.15, 0.2) is 11.1 Å². The van der Waals surface area contributed by atoms with Gasteiger partial charge in [-0.15, -0.1) is 0 Å². The first-order valence-corrected chi connectivity index (χ1v) is 7.48. The van der Waals surface area contributed by atoms with E-state index in [0.29, 0.717) is 12.3 Å². The summed E-state index contributed by atoms with van der Waals surface area (Å²) in [6.45, 7) is -0.424. The largest absolute Gasteiger partial charge is 0.482 e. The van der Waals surface area contributed by atoms with Gasteiger partial charge < -0.3 is 9.84 Å². The molecule has 0 saturated carbocycles. The van der Waals surface area contributed by atoms with Crippen molar-refractivity contribution in [2.45, 2.75) is 25.7 Å². The summed E-state index contributed by atoms with van der Waals surface area (Å²) in [5.74, 6) is -6.44. The smallest absolute Gasteiger partial charge is 0.303 e. The van der Waals surface area contributed by atoms with Gasteiger partial charge in [-0.3, -0.25) is 4.99 Å². The van der Waals surface area contributed by atoms with E-state index in [4.69, 9.17) is 16.7 Å². The molecule has 1 heterocycles. The highest BCUT2D eigenvalue weighted by molar-refractivity contribution is 6.32. The van der Waals surface area contributed by atoms with Gasteiger partial charge in [-0.25, -0.2) is 17.6 Å². The summed E-state index contributed by atoms with van der Waals surface area (Å²) in [6.07, 6.45) is 1.65. The molecule has 1 atom stereocenters. The molecule has 1 aliphatic heterocycles. The summed E-state index contributed by atoms with van der Waals surface area (Å²) < 4.78 is 59.0. The van der Waals surface area contributed by atoms with Gasteiger partial charge in [0.1, 0.15) is 11.6 Å². The molecule has 1 unspecified atom stereocenters. The second kappa shape index (κ2) is 7.05. The van der Waals surface area contributed by atoms with Crippen molar-refractivity contribution in [1.29, 1.82) is 0 Å². The summed E-state index contributed by atoms with van der Waals surface area (Å²) in [6, 6.07) is 0.855. The average Bonchev–Trinajstić information content (AvgIpc) is 2.51. The van der Waals surface area contributed by atoms with E-state index in [9.17, 15) is 17.6 Å². The molecule has 0 aliphatic carbocycles. The van der Waals surface area contributed by atoms with Gasteiger partial charge in [0.2, 0.25) is 0 Å². The normalized spacial score (nSPS) is 18.7. The number of aliphatic imine (C=N–C) groups is 1. The van der Waals surface area contributed by atoms with Gasteiger partial charge in [0, 0.05) is 17.8 Å². The van der Waals surface area contributed by atoms with E-state index in [1.54, 1.807) is 0 Å². The molecule has 0 bridgehead atoms. The maximum absolute atomic E-state index is 14.4. The summed E-state index contributed by atoms with van der Waals surface area (Å²) in [5.41, 5.74) is 0.322. The molecule has 128 valence electrons. The Hall–Kier alpha value is -1.34. The van der Waals surface area contributed by atoms with Crippen LogP contribution in [-0.2, 0) is 0 Å². The lowest BCUT2D eigenvalue weighted by molar-refractivity contribution is -0.0807. The van der Waals surface area contributed by atoms with Crippen LogP contribution in [0.25, 0.3) is 0 Å². The van der Waals surface area contributed by atoms with Gasteiger partial charge in [0.05, 0.1) is 0 Å². The van der Waals surface area contributed by atoms with Crippen LogP contribution in [0.4, 0.5) is 17.6 Å². The second-order valence-electron chi connectivity index (χ2n) is 5.48. The molecule has 0 aromatic heterocycles. The standard InChI is InChI=1S/C15H16ClF4NO2/c1-8-3-2-4-21-13(8)9-5-10(17)14(11(16)12(9)18)23-7-15(19,20)6-22/h5,8,22H,2-4,6-7H2,1H3. The average molecular weight is 354 g/mol. The monoisotopic (exact) mass is 353 g/mol. The number of hydrogen-bond donors (Lipinski definition) is 1. The quantitative estimate of drug-likeness (QED) is 0.645. The van der Waals surface area contributed by atoms with Crippen molar-refractivity contribution in [2.24, 2.45) is 10.9 Å². The highest BCUT2D eigenvalue weighted by Gasteiger charge is 2.31. The molecular weight excluding hydrogens is 338 g/mol. The molecule has 0 fully saturated rings.